The van der Waals surface area contributed by atoms with Crippen LogP contribution >= 0.6 is 15.9 Å². The van der Waals surface area contributed by atoms with Gasteiger partial charge in [0.2, 0.25) is 0 Å². The van der Waals surface area contributed by atoms with Crippen LogP contribution in [0.2, 0.25) is 0 Å². The van der Waals surface area contributed by atoms with E-state index >= 15 is 0 Å². The molecule has 0 spiro atoms. The summed E-state index contributed by atoms with van der Waals surface area (Å²) in [5.41, 5.74) is 15.0. The van der Waals surface area contributed by atoms with Crippen LogP contribution in [0.3, 0.4) is 0 Å². The third-order valence-corrected chi connectivity index (χ3v) is 12.0. The normalized spacial score (nSPS) is 14.9. The topological polar surface area (TPSA) is 3.24 Å². The molecule has 0 N–H and O–H groups in total. The fraction of sp³-hybridized carbons (Fsp3) is 0.227. The molecule has 2 aliphatic carbocycles. The molecule has 0 fully saturated rings. The maximum Gasteiger partial charge on any atom is 0.0468 e. The summed E-state index contributed by atoms with van der Waals surface area (Å²) in [7, 11) is 0. The SMILES string of the molecule is CCC1(CC)c2ccccc2-c2ccc(N(c3ccc4c(c3)C(CC)(CC)c3ccccc3-4)c3ccc4cc(Br)ccc4c3)cc21. The summed E-state index contributed by atoms with van der Waals surface area (Å²) in [5.74, 6) is 0. The van der Waals surface area contributed by atoms with E-state index in [0.29, 0.717) is 0 Å². The maximum atomic E-state index is 3.67. The van der Waals surface area contributed by atoms with Gasteiger partial charge in [-0.3, -0.25) is 0 Å². The third kappa shape index (κ3) is 4.05. The Morgan fingerprint density at radius 1 is 0.435 bits per heavy atom. The number of benzene rings is 6. The summed E-state index contributed by atoms with van der Waals surface area (Å²) in [6.07, 6.45) is 4.31. The van der Waals surface area contributed by atoms with Gasteiger partial charge in [0.25, 0.3) is 0 Å². The predicted octanol–water partition coefficient (Wildman–Crippen LogP) is 13.2. The van der Waals surface area contributed by atoms with Gasteiger partial charge < -0.3 is 4.90 Å². The Morgan fingerprint density at radius 2 is 0.848 bits per heavy atom. The Labute approximate surface area is 282 Å². The number of anilines is 3. The van der Waals surface area contributed by atoms with E-state index < -0.39 is 0 Å². The van der Waals surface area contributed by atoms with Crippen molar-refractivity contribution in [2.24, 2.45) is 0 Å². The minimum absolute atomic E-state index is 0.0163. The Hall–Kier alpha value is -4.14. The summed E-state index contributed by atoms with van der Waals surface area (Å²) in [6.45, 7) is 9.42. The first-order valence-electron chi connectivity index (χ1n) is 17.0. The monoisotopic (exact) mass is 661 g/mol. The highest BCUT2D eigenvalue weighted by Gasteiger charge is 2.42. The summed E-state index contributed by atoms with van der Waals surface area (Å²) < 4.78 is 1.10. The van der Waals surface area contributed by atoms with Crippen molar-refractivity contribution in [3.63, 3.8) is 0 Å². The Kier molecular flexibility index (Phi) is 6.99. The number of fused-ring (bicyclic) bond motifs is 7. The number of hydrogen-bond donors (Lipinski definition) is 0. The van der Waals surface area contributed by atoms with Gasteiger partial charge in [0.15, 0.2) is 0 Å². The Bertz CT molecular complexity index is 2020. The lowest BCUT2D eigenvalue weighted by molar-refractivity contribution is 0.490. The molecule has 1 nitrogen and oxygen atoms in total. The van der Waals surface area contributed by atoms with Crippen LogP contribution in [-0.4, -0.2) is 0 Å². The van der Waals surface area contributed by atoms with Gasteiger partial charge in [-0.2, -0.15) is 0 Å². The average Bonchev–Trinajstić information content (AvgIpc) is 3.55. The lowest BCUT2D eigenvalue weighted by Crippen LogP contribution is -2.24. The second kappa shape index (κ2) is 11.0. The molecule has 0 unspecified atom stereocenters. The highest BCUT2D eigenvalue weighted by molar-refractivity contribution is 9.10. The van der Waals surface area contributed by atoms with Gasteiger partial charge in [-0.25, -0.2) is 0 Å². The second-order valence-electron chi connectivity index (χ2n) is 13.1. The lowest BCUT2D eigenvalue weighted by Gasteiger charge is -2.33. The minimum Gasteiger partial charge on any atom is -0.310 e. The molecule has 46 heavy (non-hydrogen) atoms. The van der Waals surface area contributed by atoms with Crippen molar-refractivity contribution in [2.75, 3.05) is 4.90 Å². The molecule has 0 atom stereocenters. The fourth-order valence-corrected chi connectivity index (χ4v) is 9.36. The van der Waals surface area contributed by atoms with E-state index in [4.69, 9.17) is 0 Å². The third-order valence-electron chi connectivity index (χ3n) is 11.5. The molecular formula is C44H40BrN. The zero-order chi connectivity index (χ0) is 31.6. The first kappa shape index (κ1) is 29.3. The van der Waals surface area contributed by atoms with Crippen molar-refractivity contribution in [3.05, 3.63) is 148 Å². The minimum atomic E-state index is 0.0163. The molecule has 6 aromatic carbocycles. The van der Waals surface area contributed by atoms with Crippen LogP contribution in [0.1, 0.15) is 75.6 Å². The van der Waals surface area contributed by atoms with E-state index in [2.05, 4.69) is 170 Å². The molecule has 2 heteroatoms. The van der Waals surface area contributed by atoms with E-state index in [-0.39, 0.29) is 10.8 Å². The molecule has 2 aliphatic rings. The fourth-order valence-electron chi connectivity index (χ4n) is 8.98. The molecule has 0 heterocycles. The van der Waals surface area contributed by atoms with Crippen molar-refractivity contribution >= 4 is 43.8 Å². The summed E-state index contributed by atoms with van der Waals surface area (Å²) >= 11 is 3.67. The molecule has 0 saturated carbocycles. The van der Waals surface area contributed by atoms with Crippen LogP contribution in [0, 0.1) is 0 Å². The molecular weight excluding hydrogens is 622 g/mol. The number of halogens is 1. The van der Waals surface area contributed by atoms with E-state index in [1.165, 1.54) is 72.3 Å². The number of rotatable bonds is 7. The van der Waals surface area contributed by atoms with E-state index in [1.54, 1.807) is 0 Å². The maximum absolute atomic E-state index is 3.67. The van der Waals surface area contributed by atoms with E-state index in [1.807, 2.05) is 0 Å². The van der Waals surface area contributed by atoms with Gasteiger partial charge in [-0.15, -0.1) is 0 Å². The van der Waals surface area contributed by atoms with Crippen molar-refractivity contribution in [2.45, 2.75) is 64.2 Å². The van der Waals surface area contributed by atoms with Crippen molar-refractivity contribution in [1.82, 2.24) is 0 Å². The van der Waals surface area contributed by atoms with Gasteiger partial charge in [0.05, 0.1) is 0 Å². The molecule has 8 rings (SSSR count). The van der Waals surface area contributed by atoms with E-state index in [9.17, 15) is 0 Å². The molecule has 0 aliphatic heterocycles. The van der Waals surface area contributed by atoms with Crippen molar-refractivity contribution in [3.8, 4) is 22.3 Å². The van der Waals surface area contributed by atoms with Gasteiger partial charge in [0, 0.05) is 32.4 Å². The van der Waals surface area contributed by atoms with E-state index in [0.717, 1.165) is 30.2 Å². The van der Waals surface area contributed by atoms with Crippen molar-refractivity contribution in [1.29, 1.82) is 0 Å². The predicted molar refractivity (Wildman–Crippen MR) is 200 cm³/mol. The molecule has 0 saturated heterocycles. The highest BCUT2D eigenvalue weighted by atomic mass is 79.9. The summed E-state index contributed by atoms with van der Waals surface area (Å²) in [6, 6.07) is 46.1. The zero-order valence-electron chi connectivity index (χ0n) is 27.2. The quantitative estimate of drug-likeness (QED) is 0.164. The molecule has 6 aromatic rings. The lowest BCUT2D eigenvalue weighted by atomic mass is 9.73. The first-order chi connectivity index (χ1) is 22.5. The molecule has 0 bridgehead atoms. The largest absolute Gasteiger partial charge is 0.310 e. The number of nitrogens with zero attached hydrogens (tertiary/aromatic N) is 1. The summed E-state index contributed by atoms with van der Waals surface area (Å²) in [5, 5.41) is 2.47. The van der Waals surface area contributed by atoms with Crippen LogP contribution in [0.4, 0.5) is 17.1 Å². The zero-order valence-corrected chi connectivity index (χ0v) is 28.8. The molecule has 228 valence electrons. The standard InChI is InChI=1S/C44H40BrN/c1-5-43(6-2)39-15-11-9-13-35(39)37-23-21-33(27-41(37)43)46(32-20-18-29-25-31(45)19-17-30(29)26-32)34-22-24-38-36-14-10-12-16-40(36)44(7-3,8-4)42(38)28-34/h9-28H,5-8H2,1-4H3. The first-order valence-corrected chi connectivity index (χ1v) is 17.8. The van der Waals surface area contributed by atoms with Gasteiger partial charge in [-0.05, 0) is 129 Å². The molecule has 0 amide bonds. The highest BCUT2D eigenvalue weighted by Crippen LogP contribution is 2.56. The Morgan fingerprint density at radius 3 is 1.37 bits per heavy atom. The van der Waals surface area contributed by atoms with Gasteiger partial charge in [0.1, 0.15) is 0 Å². The smallest absolute Gasteiger partial charge is 0.0468 e. The Balaban J connectivity index is 1.36. The van der Waals surface area contributed by atoms with Crippen LogP contribution < -0.4 is 4.90 Å². The van der Waals surface area contributed by atoms with Crippen LogP contribution in [0.25, 0.3) is 33.0 Å². The van der Waals surface area contributed by atoms with Crippen LogP contribution in [0.15, 0.2) is 126 Å². The van der Waals surface area contributed by atoms with Crippen LogP contribution in [-0.2, 0) is 10.8 Å². The summed E-state index contributed by atoms with van der Waals surface area (Å²) in [4.78, 5) is 2.50. The second-order valence-corrected chi connectivity index (χ2v) is 14.1. The van der Waals surface area contributed by atoms with Crippen LogP contribution in [0.5, 0.6) is 0 Å². The number of hydrogen-bond acceptors (Lipinski definition) is 1. The molecule has 0 radical (unpaired) electrons. The van der Waals surface area contributed by atoms with Crippen molar-refractivity contribution < 1.29 is 0 Å². The average molecular weight is 663 g/mol. The van der Waals surface area contributed by atoms with Gasteiger partial charge in [-0.1, -0.05) is 116 Å². The molecule has 0 aromatic heterocycles. The van der Waals surface area contributed by atoms with Gasteiger partial charge >= 0.3 is 0 Å².